The van der Waals surface area contributed by atoms with Gasteiger partial charge in [0.15, 0.2) is 15.9 Å². The van der Waals surface area contributed by atoms with Gasteiger partial charge in [0.25, 0.3) is 5.91 Å². The van der Waals surface area contributed by atoms with Gasteiger partial charge in [-0.15, -0.1) is 11.3 Å². The summed E-state index contributed by atoms with van der Waals surface area (Å²) < 4.78 is 21.0. The molecule has 0 saturated carbocycles. The third-order valence-corrected chi connectivity index (χ3v) is 5.73. The van der Waals surface area contributed by atoms with E-state index >= 15 is 0 Å². The number of thiazole rings is 1. The van der Waals surface area contributed by atoms with Gasteiger partial charge in [-0.3, -0.25) is 4.79 Å². The van der Waals surface area contributed by atoms with Crippen LogP contribution in [0.1, 0.15) is 5.76 Å². The average molecular weight is 421 g/mol. The third kappa shape index (κ3) is 3.12. The highest BCUT2D eigenvalue weighted by Gasteiger charge is 2.33. The fraction of sp³-hybridized carbons (Fsp3) is 0. The van der Waals surface area contributed by atoms with Crippen molar-refractivity contribution in [3.63, 3.8) is 0 Å². The Hall–Kier alpha value is -3.36. The summed E-state index contributed by atoms with van der Waals surface area (Å²) in [7, 11) is 0. The largest absolute Gasteiger partial charge is 0.454 e. The van der Waals surface area contributed by atoms with E-state index in [0.29, 0.717) is 11.5 Å². The number of carbonyl (C=O) groups is 1. The van der Waals surface area contributed by atoms with Crippen molar-refractivity contribution in [2.24, 2.45) is 0 Å². The van der Waals surface area contributed by atoms with Crippen LogP contribution >= 0.6 is 23.6 Å². The molecular formula is C21H12FN3O2S2. The number of aromatic nitrogens is 1. The first-order valence-electron chi connectivity index (χ1n) is 8.67. The van der Waals surface area contributed by atoms with Gasteiger partial charge in [0.05, 0.1) is 15.9 Å². The van der Waals surface area contributed by atoms with Crippen LogP contribution in [-0.4, -0.2) is 16.0 Å². The molecule has 0 radical (unpaired) electrons. The maximum Gasteiger partial charge on any atom is 0.281 e. The fourth-order valence-electron chi connectivity index (χ4n) is 3.05. The van der Waals surface area contributed by atoms with E-state index < -0.39 is 11.7 Å². The number of hydrogen-bond acceptors (Lipinski definition) is 5. The molecule has 1 fully saturated rings. The van der Waals surface area contributed by atoms with Crippen molar-refractivity contribution in [3.8, 4) is 10.8 Å². The maximum absolute atomic E-state index is 14.1. The van der Waals surface area contributed by atoms with E-state index in [4.69, 9.17) is 16.6 Å². The monoisotopic (exact) mass is 421 g/mol. The smallest absolute Gasteiger partial charge is 0.281 e. The molecule has 1 N–H and O–H groups in total. The highest BCUT2D eigenvalue weighted by Crippen LogP contribution is 2.32. The van der Waals surface area contributed by atoms with Crippen molar-refractivity contribution in [2.75, 3.05) is 4.90 Å². The molecule has 5 nitrogen and oxygen atoms in total. The lowest BCUT2D eigenvalue weighted by molar-refractivity contribution is -0.113. The minimum Gasteiger partial charge on any atom is -0.454 e. The molecular weight excluding hydrogens is 409 g/mol. The number of nitrogens with zero attached hydrogens (tertiary/aromatic N) is 2. The quantitative estimate of drug-likeness (QED) is 0.374. The standard InChI is InChI=1S/C21H12FN3O2S2/c22-13-5-1-3-7-16(13)25-20(26)15(24-21(25)28)11-12-9-10-17(27-12)19-23-14-6-2-4-8-18(14)29-19/h1-11H,(H,24,28). The van der Waals surface area contributed by atoms with Gasteiger partial charge >= 0.3 is 0 Å². The number of amides is 1. The number of para-hydroxylation sites is 2. The van der Waals surface area contributed by atoms with Crippen molar-refractivity contribution < 1.29 is 13.6 Å². The van der Waals surface area contributed by atoms with Crippen LogP contribution in [0.3, 0.4) is 0 Å². The Morgan fingerprint density at radius 1 is 1.10 bits per heavy atom. The Balaban J connectivity index is 1.45. The fourth-order valence-corrected chi connectivity index (χ4v) is 4.27. The van der Waals surface area contributed by atoms with Crippen LogP contribution in [-0.2, 0) is 4.79 Å². The number of fused-ring (bicyclic) bond motifs is 1. The molecule has 3 heterocycles. The number of carbonyl (C=O) groups excluding carboxylic acids is 1. The molecule has 5 rings (SSSR count). The number of furan rings is 1. The number of anilines is 1. The Morgan fingerprint density at radius 3 is 2.72 bits per heavy atom. The lowest BCUT2D eigenvalue weighted by atomic mass is 10.2. The Kier molecular flexibility index (Phi) is 4.22. The molecule has 29 heavy (non-hydrogen) atoms. The second-order valence-electron chi connectivity index (χ2n) is 6.27. The molecule has 0 aliphatic carbocycles. The van der Waals surface area contributed by atoms with Crippen molar-refractivity contribution in [1.29, 1.82) is 0 Å². The Labute approximate surface area is 174 Å². The highest BCUT2D eigenvalue weighted by molar-refractivity contribution is 7.80. The number of halogens is 1. The van der Waals surface area contributed by atoms with E-state index in [-0.39, 0.29) is 16.5 Å². The van der Waals surface area contributed by atoms with Crippen LogP contribution in [0.2, 0.25) is 0 Å². The number of thiocarbonyl (C=S) groups is 1. The Morgan fingerprint density at radius 2 is 1.90 bits per heavy atom. The zero-order chi connectivity index (χ0) is 20.0. The molecule has 2 aromatic carbocycles. The summed E-state index contributed by atoms with van der Waals surface area (Å²) in [5.41, 5.74) is 1.22. The number of nitrogens with one attached hydrogen (secondary N) is 1. The Bertz CT molecular complexity index is 1280. The van der Waals surface area contributed by atoms with Gasteiger partial charge in [-0.2, -0.15) is 0 Å². The molecule has 1 saturated heterocycles. The van der Waals surface area contributed by atoms with Crippen molar-refractivity contribution >= 4 is 56.6 Å². The van der Waals surface area contributed by atoms with Gasteiger partial charge in [-0.25, -0.2) is 14.3 Å². The van der Waals surface area contributed by atoms with Gasteiger partial charge in [-0.1, -0.05) is 24.3 Å². The van der Waals surface area contributed by atoms with Crippen LogP contribution in [0.4, 0.5) is 10.1 Å². The summed E-state index contributed by atoms with van der Waals surface area (Å²) in [6, 6.07) is 17.4. The summed E-state index contributed by atoms with van der Waals surface area (Å²) in [5, 5.41) is 3.70. The number of rotatable bonds is 3. The predicted octanol–water partition coefficient (Wildman–Crippen LogP) is 4.96. The lowest BCUT2D eigenvalue weighted by Gasteiger charge is -2.14. The maximum atomic E-state index is 14.1. The van der Waals surface area contributed by atoms with E-state index in [0.717, 1.165) is 20.1 Å². The van der Waals surface area contributed by atoms with Crippen LogP contribution in [0.5, 0.6) is 0 Å². The van der Waals surface area contributed by atoms with E-state index in [9.17, 15) is 9.18 Å². The minimum absolute atomic E-state index is 0.105. The third-order valence-electron chi connectivity index (χ3n) is 4.39. The second kappa shape index (κ2) is 6.91. The van der Waals surface area contributed by atoms with E-state index in [1.54, 1.807) is 30.3 Å². The van der Waals surface area contributed by atoms with Gasteiger partial charge in [-0.05, 0) is 48.6 Å². The van der Waals surface area contributed by atoms with Gasteiger partial charge < -0.3 is 9.73 Å². The summed E-state index contributed by atoms with van der Waals surface area (Å²) in [4.78, 5) is 18.5. The topological polar surface area (TPSA) is 58.4 Å². The first-order valence-corrected chi connectivity index (χ1v) is 9.90. The average Bonchev–Trinajstić information content (AvgIpc) is 3.41. The first-order chi connectivity index (χ1) is 14.1. The van der Waals surface area contributed by atoms with Crippen LogP contribution < -0.4 is 10.2 Å². The number of hydrogen-bond donors (Lipinski definition) is 1. The normalized spacial score (nSPS) is 15.5. The van der Waals surface area contributed by atoms with E-state index in [2.05, 4.69) is 10.3 Å². The van der Waals surface area contributed by atoms with Gasteiger partial charge in [0.1, 0.15) is 17.3 Å². The summed E-state index contributed by atoms with van der Waals surface area (Å²) in [6.45, 7) is 0. The molecule has 1 aliphatic heterocycles. The van der Waals surface area contributed by atoms with Crippen LogP contribution in [0.25, 0.3) is 27.1 Å². The molecule has 1 amide bonds. The molecule has 8 heteroatoms. The van der Waals surface area contributed by atoms with Crippen molar-refractivity contribution in [2.45, 2.75) is 0 Å². The zero-order valence-corrected chi connectivity index (χ0v) is 16.4. The summed E-state index contributed by atoms with van der Waals surface area (Å²) in [6.07, 6.45) is 1.55. The summed E-state index contributed by atoms with van der Waals surface area (Å²) in [5.74, 6) is 0.103. The number of benzene rings is 2. The molecule has 0 spiro atoms. The molecule has 4 aromatic rings. The minimum atomic E-state index is -0.526. The highest BCUT2D eigenvalue weighted by atomic mass is 32.1. The predicted molar refractivity (Wildman–Crippen MR) is 115 cm³/mol. The zero-order valence-electron chi connectivity index (χ0n) is 14.8. The van der Waals surface area contributed by atoms with E-state index in [1.807, 2.05) is 24.3 Å². The van der Waals surface area contributed by atoms with Gasteiger partial charge in [0.2, 0.25) is 0 Å². The van der Waals surface area contributed by atoms with Crippen molar-refractivity contribution in [3.05, 3.63) is 77.9 Å². The van der Waals surface area contributed by atoms with Crippen molar-refractivity contribution in [1.82, 2.24) is 10.3 Å². The molecule has 2 aromatic heterocycles. The lowest BCUT2D eigenvalue weighted by Crippen LogP contribution is -2.31. The molecule has 0 unspecified atom stereocenters. The van der Waals surface area contributed by atoms with Crippen LogP contribution in [0, 0.1) is 5.82 Å². The molecule has 0 atom stereocenters. The van der Waals surface area contributed by atoms with Gasteiger partial charge in [0, 0.05) is 6.08 Å². The molecule has 1 aliphatic rings. The molecule has 142 valence electrons. The molecule has 0 bridgehead atoms. The van der Waals surface area contributed by atoms with Crippen LogP contribution in [0.15, 0.2) is 70.8 Å². The van der Waals surface area contributed by atoms with E-state index in [1.165, 1.54) is 23.5 Å². The SMILES string of the molecule is O=C1C(=Cc2ccc(-c3nc4ccccc4s3)o2)NC(=S)N1c1ccccc1F. The summed E-state index contributed by atoms with van der Waals surface area (Å²) >= 11 is 6.75. The first kappa shape index (κ1) is 17.7. The second-order valence-corrected chi connectivity index (χ2v) is 7.69.